The molecule has 0 unspecified atom stereocenters. The number of benzene rings is 1. The molecule has 27 heavy (non-hydrogen) atoms. The lowest BCUT2D eigenvalue weighted by molar-refractivity contribution is -0.121. The summed E-state index contributed by atoms with van der Waals surface area (Å²) in [5.41, 5.74) is 1.66. The van der Waals surface area contributed by atoms with Crippen molar-refractivity contribution in [2.45, 2.75) is 50.6 Å². The van der Waals surface area contributed by atoms with Crippen LogP contribution in [0, 0.1) is 0 Å². The average molecular weight is 365 g/mol. The quantitative estimate of drug-likeness (QED) is 0.907. The van der Waals surface area contributed by atoms with E-state index in [9.17, 15) is 9.59 Å². The van der Waals surface area contributed by atoms with Crippen LogP contribution in [0.5, 0.6) is 0 Å². The van der Waals surface area contributed by atoms with Crippen molar-refractivity contribution in [3.05, 3.63) is 59.9 Å². The van der Waals surface area contributed by atoms with Gasteiger partial charge in [-0.3, -0.25) is 9.59 Å². The van der Waals surface area contributed by atoms with Crippen LogP contribution in [0.25, 0.3) is 0 Å². The molecular weight excluding hydrogens is 338 g/mol. The van der Waals surface area contributed by atoms with Gasteiger partial charge in [-0.15, -0.1) is 0 Å². The number of likely N-dealkylation sites (tertiary alicyclic amines) is 1. The Morgan fingerprint density at radius 1 is 1.11 bits per heavy atom. The first kappa shape index (κ1) is 17.8. The number of hydrogen-bond donors (Lipinski definition) is 1. The van der Waals surface area contributed by atoms with Gasteiger partial charge in [0.15, 0.2) is 0 Å². The molecule has 5 nitrogen and oxygen atoms in total. The molecule has 3 heterocycles. The fraction of sp³-hybridized carbons (Fsp3) is 0.455. The van der Waals surface area contributed by atoms with Gasteiger partial charge in [-0.1, -0.05) is 30.3 Å². The molecule has 142 valence electrons. The Bertz CT molecular complexity index is 832. The summed E-state index contributed by atoms with van der Waals surface area (Å²) in [6.45, 7) is 5.54. The third kappa shape index (κ3) is 3.27. The van der Waals surface area contributed by atoms with Crippen LogP contribution in [0.3, 0.4) is 0 Å². The van der Waals surface area contributed by atoms with Crippen LogP contribution in [0.1, 0.15) is 61.1 Å². The summed E-state index contributed by atoms with van der Waals surface area (Å²) < 4.78 is 2.02. The molecule has 1 spiro atoms. The molecular formula is C22H27N3O2. The Hall–Kier alpha value is -2.56. The van der Waals surface area contributed by atoms with Crippen LogP contribution in [0.15, 0.2) is 48.7 Å². The second kappa shape index (κ2) is 6.87. The molecule has 2 aliphatic rings. The number of carbonyl (C=O) groups excluding carboxylic acids is 2. The van der Waals surface area contributed by atoms with Gasteiger partial charge in [0.05, 0.1) is 5.92 Å². The largest absolute Gasteiger partial charge is 0.350 e. The number of nitrogens with zero attached hydrogens (tertiary/aromatic N) is 2. The van der Waals surface area contributed by atoms with Gasteiger partial charge in [-0.25, -0.2) is 0 Å². The summed E-state index contributed by atoms with van der Waals surface area (Å²) in [7, 11) is 0. The van der Waals surface area contributed by atoms with Crippen LogP contribution < -0.4 is 5.32 Å². The number of hydrogen-bond acceptors (Lipinski definition) is 2. The van der Waals surface area contributed by atoms with E-state index in [1.54, 1.807) is 0 Å². The first-order valence-electron chi connectivity index (χ1n) is 9.82. The normalized spacial score (nSPS) is 21.7. The summed E-state index contributed by atoms with van der Waals surface area (Å²) in [6.07, 6.45) is 4.41. The molecule has 0 bridgehead atoms. The van der Waals surface area contributed by atoms with Gasteiger partial charge in [0.25, 0.3) is 5.91 Å². The van der Waals surface area contributed by atoms with E-state index in [1.807, 2.05) is 58.1 Å². The van der Waals surface area contributed by atoms with E-state index in [4.69, 9.17) is 0 Å². The fourth-order valence-electron chi connectivity index (χ4n) is 4.49. The predicted octanol–water partition coefficient (Wildman–Crippen LogP) is 3.35. The topological polar surface area (TPSA) is 54.3 Å². The zero-order chi connectivity index (χ0) is 19.0. The number of carbonyl (C=O) groups is 2. The number of amides is 2. The predicted molar refractivity (Wildman–Crippen MR) is 105 cm³/mol. The first-order chi connectivity index (χ1) is 13.0. The Morgan fingerprint density at radius 3 is 2.48 bits per heavy atom. The number of rotatable bonds is 3. The van der Waals surface area contributed by atoms with Crippen molar-refractivity contribution in [3.63, 3.8) is 0 Å². The van der Waals surface area contributed by atoms with Gasteiger partial charge < -0.3 is 14.8 Å². The Balaban J connectivity index is 1.44. The van der Waals surface area contributed by atoms with Crippen LogP contribution in [0.4, 0.5) is 0 Å². The van der Waals surface area contributed by atoms with Crippen molar-refractivity contribution in [1.82, 2.24) is 14.8 Å². The van der Waals surface area contributed by atoms with E-state index in [1.165, 1.54) is 0 Å². The van der Waals surface area contributed by atoms with E-state index in [2.05, 4.69) is 19.2 Å². The number of nitrogens with one attached hydrogen (secondary N) is 1. The van der Waals surface area contributed by atoms with E-state index < -0.39 is 0 Å². The summed E-state index contributed by atoms with van der Waals surface area (Å²) in [4.78, 5) is 27.5. The maximum atomic E-state index is 13.0. The molecule has 0 radical (unpaired) electrons. The minimum Gasteiger partial charge on any atom is -0.350 e. The number of aromatic nitrogens is 1. The van der Waals surface area contributed by atoms with E-state index >= 15 is 0 Å². The van der Waals surface area contributed by atoms with Crippen molar-refractivity contribution >= 4 is 11.8 Å². The molecule has 0 saturated carbocycles. The van der Waals surface area contributed by atoms with Crippen LogP contribution >= 0.6 is 0 Å². The summed E-state index contributed by atoms with van der Waals surface area (Å²) >= 11 is 0. The van der Waals surface area contributed by atoms with Crippen LogP contribution in [-0.2, 0) is 4.79 Å². The zero-order valence-electron chi connectivity index (χ0n) is 16.0. The third-order valence-corrected chi connectivity index (χ3v) is 6.06. The molecule has 1 N–H and O–H groups in total. The minimum absolute atomic E-state index is 0.0772. The molecule has 2 aliphatic heterocycles. The van der Waals surface area contributed by atoms with Crippen molar-refractivity contribution in [3.8, 4) is 0 Å². The summed E-state index contributed by atoms with van der Waals surface area (Å²) in [5, 5.41) is 3.26. The smallest absolute Gasteiger partial charge is 0.270 e. The van der Waals surface area contributed by atoms with Gasteiger partial charge in [-0.2, -0.15) is 0 Å². The molecule has 2 saturated heterocycles. The first-order valence-corrected chi connectivity index (χ1v) is 9.82. The maximum absolute atomic E-state index is 13.0. The average Bonchev–Trinajstić information content (AvgIpc) is 3.28. The van der Waals surface area contributed by atoms with E-state index in [-0.39, 0.29) is 29.3 Å². The third-order valence-electron chi connectivity index (χ3n) is 6.06. The highest BCUT2D eigenvalue weighted by atomic mass is 16.2. The summed E-state index contributed by atoms with van der Waals surface area (Å²) in [5.74, 6) is 0.133. The van der Waals surface area contributed by atoms with E-state index in [0.29, 0.717) is 13.1 Å². The van der Waals surface area contributed by atoms with Gasteiger partial charge in [-0.05, 0) is 50.8 Å². The Morgan fingerprint density at radius 2 is 1.81 bits per heavy atom. The zero-order valence-corrected chi connectivity index (χ0v) is 16.0. The van der Waals surface area contributed by atoms with Gasteiger partial charge in [0, 0.05) is 30.9 Å². The molecule has 2 aromatic rings. The van der Waals surface area contributed by atoms with Gasteiger partial charge >= 0.3 is 0 Å². The molecule has 1 aromatic heterocycles. The minimum atomic E-state index is -0.172. The fourth-order valence-corrected chi connectivity index (χ4v) is 4.49. The molecule has 1 atom stereocenters. The van der Waals surface area contributed by atoms with Gasteiger partial charge in [0.2, 0.25) is 5.91 Å². The molecule has 2 amide bonds. The lowest BCUT2D eigenvalue weighted by Crippen LogP contribution is -2.52. The van der Waals surface area contributed by atoms with Gasteiger partial charge in [0.1, 0.15) is 5.69 Å². The van der Waals surface area contributed by atoms with Crippen molar-refractivity contribution in [2.24, 2.45) is 0 Å². The lowest BCUT2D eigenvalue weighted by atomic mass is 9.82. The molecule has 0 aliphatic carbocycles. The van der Waals surface area contributed by atoms with Crippen molar-refractivity contribution in [1.29, 1.82) is 0 Å². The molecule has 5 heteroatoms. The monoisotopic (exact) mass is 365 g/mol. The SMILES string of the molecule is CC(C)n1cccc1C(=O)N1CCC2(CC1)C[C@@H](c1ccccc1)C(=O)N2. The van der Waals surface area contributed by atoms with Crippen molar-refractivity contribution < 1.29 is 9.59 Å². The lowest BCUT2D eigenvalue weighted by Gasteiger charge is -2.39. The molecule has 2 fully saturated rings. The molecule has 4 rings (SSSR count). The maximum Gasteiger partial charge on any atom is 0.270 e. The second-order valence-electron chi connectivity index (χ2n) is 8.12. The Kier molecular flexibility index (Phi) is 4.54. The highest BCUT2D eigenvalue weighted by Gasteiger charge is 2.46. The summed E-state index contributed by atoms with van der Waals surface area (Å²) in [6, 6.07) is 14.1. The van der Waals surface area contributed by atoms with Crippen LogP contribution in [0.2, 0.25) is 0 Å². The van der Waals surface area contributed by atoms with Crippen LogP contribution in [-0.4, -0.2) is 39.9 Å². The van der Waals surface area contributed by atoms with Crippen molar-refractivity contribution in [2.75, 3.05) is 13.1 Å². The molecule has 1 aromatic carbocycles. The number of piperidine rings is 1. The Labute approximate surface area is 160 Å². The highest BCUT2D eigenvalue weighted by molar-refractivity contribution is 5.93. The second-order valence-corrected chi connectivity index (χ2v) is 8.12. The highest BCUT2D eigenvalue weighted by Crippen LogP contribution is 2.39. The standard InChI is InChI=1S/C22H27N3O2/c1-16(2)25-12-6-9-19(25)21(27)24-13-10-22(11-14-24)15-18(20(26)23-22)17-7-4-3-5-8-17/h3-9,12,16,18H,10-11,13-15H2,1-2H3,(H,23,26)/t18-/m0/s1. The van der Waals surface area contributed by atoms with E-state index in [0.717, 1.165) is 30.5 Å².